The van der Waals surface area contributed by atoms with E-state index in [1.807, 2.05) is 50.2 Å². The largest absolute Gasteiger partial charge is 0.493 e. The highest BCUT2D eigenvalue weighted by Gasteiger charge is 2.34. The number of methoxy groups -OCH3 is 3. The normalized spacial score (nSPS) is 16.2. The molecule has 206 valence electrons. The predicted octanol–water partition coefficient (Wildman–Crippen LogP) is 2.09. The third-order valence-electron chi connectivity index (χ3n) is 6.93. The summed E-state index contributed by atoms with van der Waals surface area (Å²) in [7, 11) is 3.00. The van der Waals surface area contributed by atoms with Gasteiger partial charge in [0.25, 0.3) is 0 Å². The molecule has 38 heavy (non-hydrogen) atoms. The lowest BCUT2D eigenvalue weighted by atomic mass is 9.75. The molecule has 0 radical (unpaired) electrons. The van der Waals surface area contributed by atoms with Gasteiger partial charge in [-0.1, -0.05) is 44.2 Å². The SMILES string of the molecule is COc1cc2c(c(OC)c1OC)CCC(C(=O)NC(Cc1ccccc1)C(=O)NC(CC(C)C)B(O)O)C2. The zero-order valence-corrected chi connectivity index (χ0v) is 22.8. The Morgan fingerprint density at radius 1 is 1.03 bits per heavy atom. The van der Waals surface area contributed by atoms with Crippen molar-refractivity contribution >= 4 is 18.9 Å². The number of hydrogen-bond donors (Lipinski definition) is 4. The van der Waals surface area contributed by atoms with Gasteiger partial charge in [-0.2, -0.15) is 0 Å². The Labute approximate surface area is 225 Å². The topological polar surface area (TPSA) is 126 Å². The Morgan fingerprint density at radius 2 is 1.71 bits per heavy atom. The van der Waals surface area contributed by atoms with E-state index in [4.69, 9.17) is 14.2 Å². The fraction of sp³-hybridized carbons (Fsp3) is 0.500. The van der Waals surface area contributed by atoms with Crippen molar-refractivity contribution in [2.45, 2.75) is 57.9 Å². The van der Waals surface area contributed by atoms with Crippen molar-refractivity contribution in [3.63, 3.8) is 0 Å². The molecule has 9 nitrogen and oxygen atoms in total. The lowest BCUT2D eigenvalue weighted by Gasteiger charge is -2.29. The zero-order valence-electron chi connectivity index (χ0n) is 22.8. The maximum Gasteiger partial charge on any atom is 0.475 e. The fourth-order valence-corrected chi connectivity index (χ4v) is 5.03. The molecule has 2 aromatic rings. The van der Waals surface area contributed by atoms with E-state index in [1.54, 1.807) is 21.3 Å². The molecule has 0 saturated carbocycles. The fourth-order valence-electron chi connectivity index (χ4n) is 5.03. The molecule has 3 atom stereocenters. The minimum Gasteiger partial charge on any atom is -0.493 e. The van der Waals surface area contributed by atoms with Gasteiger partial charge in [0.05, 0.1) is 27.3 Å². The molecule has 0 aliphatic heterocycles. The molecule has 0 bridgehead atoms. The van der Waals surface area contributed by atoms with Crippen LogP contribution in [-0.2, 0) is 28.9 Å². The summed E-state index contributed by atoms with van der Waals surface area (Å²) in [5.74, 6) is -0.0708. The molecular formula is C28H39BN2O7. The van der Waals surface area contributed by atoms with Crippen LogP contribution in [0.25, 0.3) is 0 Å². The van der Waals surface area contributed by atoms with Crippen LogP contribution in [0.4, 0.5) is 0 Å². The molecule has 3 unspecified atom stereocenters. The number of rotatable bonds is 12. The summed E-state index contributed by atoms with van der Waals surface area (Å²) in [6, 6.07) is 10.4. The number of carbonyl (C=O) groups excluding carboxylic acids is 2. The van der Waals surface area contributed by atoms with Gasteiger partial charge in [-0.3, -0.25) is 9.59 Å². The highest BCUT2D eigenvalue weighted by atomic mass is 16.5. The predicted molar refractivity (Wildman–Crippen MR) is 145 cm³/mol. The first-order chi connectivity index (χ1) is 18.2. The summed E-state index contributed by atoms with van der Waals surface area (Å²) >= 11 is 0. The summed E-state index contributed by atoms with van der Waals surface area (Å²) < 4.78 is 16.6. The minimum absolute atomic E-state index is 0.138. The van der Waals surface area contributed by atoms with E-state index in [9.17, 15) is 19.6 Å². The van der Waals surface area contributed by atoms with Gasteiger partial charge >= 0.3 is 7.12 Å². The van der Waals surface area contributed by atoms with Crippen LogP contribution >= 0.6 is 0 Å². The highest BCUT2D eigenvalue weighted by molar-refractivity contribution is 6.43. The van der Waals surface area contributed by atoms with E-state index in [2.05, 4.69) is 10.6 Å². The van der Waals surface area contributed by atoms with Crippen LogP contribution in [0.1, 0.15) is 43.4 Å². The standard InChI is InChI=1S/C28H39BN2O7/c1-17(2)13-24(29(34)35)31-28(33)22(14-18-9-7-6-8-10-18)30-27(32)19-11-12-21-20(15-19)16-23(36-3)26(38-5)25(21)37-4/h6-10,16-17,19,22,24,34-35H,11-15H2,1-5H3,(H,30,32)(H,31,33). The molecular weight excluding hydrogens is 487 g/mol. The molecule has 0 heterocycles. The van der Waals surface area contributed by atoms with Gasteiger partial charge in [0, 0.05) is 17.9 Å². The molecule has 0 fully saturated rings. The first-order valence-corrected chi connectivity index (χ1v) is 13.0. The van der Waals surface area contributed by atoms with Crippen LogP contribution < -0.4 is 24.8 Å². The molecule has 2 amide bonds. The minimum atomic E-state index is -1.70. The summed E-state index contributed by atoms with van der Waals surface area (Å²) in [5.41, 5.74) is 2.81. The zero-order chi connectivity index (χ0) is 27.8. The molecule has 0 aromatic heterocycles. The third kappa shape index (κ3) is 7.20. The third-order valence-corrected chi connectivity index (χ3v) is 6.93. The van der Waals surface area contributed by atoms with Crippen molar-refractivity contribution in [1.29, 1.82) is 0 Å². The van der Waals surface area contributed by atoms with E-state index >= 15 is 0 Å². The lowest BCUT2D eigenvalue weighted by molar-refractivity contribution is -0.131. The van der Waals surface area contributed by atoms with E-state index < -0.39 is 25.0 Å². The van der Waals surface area contributed by atoms with E-state index in [0.717, 1.165) is 16.7 Å². The van der Waals surface area contributed by atoms with Crippen LogP contribution in [0.3, 0.4) is 0 Å². The number of hydrogen-bond acceptors (Lipinski definition) is 7. The smallest absolute Gasteiger partial charge is 0.475 e. The number of ether oxygens (including phenoxy) is 3. The van der Waals surface area contributed by atoms with Gasteiger partial charge in [-0.15, -0.1) is 0 Å². The van der Waals surface area contributed by atoms with Gasteiger partial charge in [0.15, 0.2) is 11.5 Å². The Bertz CT molecular complexity index is 1090. The van der Waals surface area contributed by atoms with Crippen molar-refractivity contribution in [1.82, 2.24) is 10.6 Å². The Kier molecular flexibility index (Phi) is 10.4. The second-order valence-corrected chi connectivity index (χ2v) is 10.1. The molecule has 10 heteroatoms. The average Bonchev–Trinajstić information content (AvgIpc) is 2.90. The van der Waals surface area contributed by atoms with Crippen molar-refractivity contribution in [3.05, 3.63) is 53.1 Å². The van der Waals surface area contributed by atoms with Crippen molar-refractivity contribution < 1.29 is 33.8 Å². The number of carbonyl (C=O) groups is 2. The summed E-state index contributed by atoms with van der Waals surface area (Å²) in [6.45, 7) is 3.87. The van der Waals surface area contributed by atoms with Crippen molar-refractivity contribution in [3.8, 4) is 17.2 Å². The average molecular weight is 526 g/mol. The summed E-state index contributed by atoms with van der Waals surface area (Å²) in [6.07, 6.45) is 2.32. The molecule has 2 aromatic carbocycles. The molecule has 0 saturated heterocycles. The van der Waals surface area contributed by atoms with Gasteiger partial charge in [0.1, 0.15) is 6.04 Å². The molecule has 4 N–H and O–H groups in total. The summed E-state index contributed by atoms with van der Waals surface area (Å²) in [4.78, 5) is 26.8. The first kappa shape index (κ1) is 29.3. The first-order valence-electron chi connectivity index (χ1n) is 13.0. The second kappa shape index (κ2) is 13.5. The number of fused-ring (bicyclic) bond motifs is 1. The molecule has 1 aliphatic rings. The van der Waals surface area contributed by atoms with Crippen molar-refractivity contribution in [2.75, 3.05) is 21.3 Å². The van der Waals surface area contributed by atoms with Crippen LogP contribution in [0.2, 0.25) is 0 Å². The monoisotopic (exact) mass is 526 g/mol. The van der Waals surface area contributed by atoms with E-state index in [1.165, 1.54) is 0 Å². The second-order valence-electron chi connectivity index (χ2n) is 10.1. The molecule has 3 rings (SSSR count). The molecule has 0 spiro atoms. The van der Waals surface area contributed by atoms with Crippen LogP contribution in [0, 0.1) is 11.8 Å². The van der Waals surface area contributed by atoms with E-state index in [-0.39, 0.29) is 24.2 Å². The van der Waals surface area contributed by atoms with Crippen LogP contribution in [-0.4, -0.2) is 62.3 Å². The lowest BCUT2D eigenvalue weighted by Crippen LogP contribution is -2.55. The maximum absolute atomic E-state index is 13.5. The van der Waals surface area contributed by atoms with Gasteiger partial charge in [-0.05, 0) is 48.8 Å². The Balaban J connectivity index is 1.81. The maximum atomic E-state index is 13.5. The highest BCUT2D eigenvalue weighted by Crippen LogP contribution is 2.45. The van der Waals surface area contributed by atoms with Crippen LogP contribution in [0.5, 0.6) is 17.2 Å². The van der Waals surface area contributed by atoms with Crippen LogP contribution in [0.15, 0.2) is 36.4 Å². The van der Waals surface area contributed by atoms with E-state index in [0.29, 0.717) is 42.9 Å². The Hall–Kier alpha value is -3.24. The number of nitrogens with one attached hydrogen (secondary N) is 2. The summed E-state index contributed by atoms with van der Waals surface area (Å²) in [5, 5.41) is 25.3. The van der Waals surface area contributed by atoms with Gasteiger partial charge < -0.3 is 34.9 Å². The van der Waals surface area contributed by atoms with Crippen molar-refractivity contribution in [2.24, 2.45) is 11.8 Å². The van der Waals surface area contributed by atoms with Gasteiger partial charge in [-0.25, -0.2) is 0 Å². The Morgan fingerprint density at radius 3 is 2.29 bits per heavy atom. The quantitative estimate of drug-likeness (QED) is 0.312. The molecule has 1 aliphatic carbocycles. The van der Waals surface area contributed by atoms with Gasteiger partial charge in [0.2, 0.25) is 17.6 Å². The number of amides is 2. The number of benzene rings is 2.